The molecule has 1 aromatic carbocycles. The Labute approximate surface area is 132 Å². The van der Waals surface area contributed by atoms with Gasteiger partial charge in [0.2, 0.25) is 5.91 Å². The normalized spacial score (nSPS) is 16.6. The van der Waals surface area contributed by atoms with E-state index in [2.05, 4.69) is 15.6 Å². The number of hydrogen-bond donors (Lipinski definition) is 2. The summed E-state index contributed by atoms with van der Waals surface area (Å²) in [4.78, 5) is 29.2. The zero-order chi connectivity index (χ0) is 15.7. The van der Waals surface area contributed by atoms with E-state index in [-0.39, 0.29) is 17.1 Å². The molecule has 5 nitrogen and oxygen atoms in total. The Morgan fingerprint density at radius 2 is 2.18 bits per heavy atom. The molecule has 0 spiro atoms. The molecule has 0 saturated heterocycles. The summed E-state index contributed by atoms with van der Waals surface area (Å²) in [5.74, 6) is 0.246. The highest BCUT2D eigenvalue weighted by atomic mass is 32.2. The van der Waals surface area contributed by atoms with E-state index < -0.39 is 0 Å². The third-order valence-electron chi connectivity index (χ3n) is 3.41. The number of carbonyl (C=O) groups excluding carboxylic acids is 2. The molecule has 112 valence electrons. The van der Waals surface area contributed by atoms with Crippen molar-refractivity contribution in [3.05, 3.63) is 47.7 Å². The number of nitrogens with zero attached hydrogens (tertiary/aromatic N) is 1. The number of carbonyl (C=O) groups is 2. The van der Waals surface area contributed by atoms with Crippen LogP contribution in [0, 0.1) is 6.92 Å². The zero-order valence-electron chi connectivity index (χ0n) is 12.2. The third-order valence-corrected chi connectivity index (χ3v) is 4.59. The number of benzene rings is 1. The molecular formula is C16H15N3O2S. The van der Waals surface area contributed by atoms with E-state index in [0.29, 0.717) is 17.1 Å². The van der Waals surface area contributed by atoms with Crippen LogP contribution in [0.25, 0.3) is 0 Å². The summed E-state index contributed by atoms with van der Waals surface area (Å²) >= 11 is 1.49. The Balaban J connectivity index is 1.84. The van der Waals surface area contributed by atoms with Crippen LogP contribution < -0.4 is 10.6 Å². The number of fused-ring (bicyclic) bond motifs is 1. The first kappa shape index (κ1) is 14.6. The van der Waals surface area contributed by atoms with Crippen LogP contribution in [0.2, 0.25) is 0 Å². The maximum Gasteiger partial charge on any atom is 0.256 e. The molecule has 6 heteroatoms. The summed E-state index contributed by atoms with van der Waals surface area (Å²) < 4.78 is 0. The van der Waals surface area contributed by atoms with E-state index >= 15 is 0 Å². The van der Waals surface area contributed by atoms with E-state index in [4.69, 9.17) is 0 Å². The number of aryl methyl sites for hydroxylation is 1. The molecule has 1 unspecified atom stereocenters. The van der Waals surface area contributed by atoms with Crippen molar-refractivity contribution in [2.24, 2.45) is 0 Å². The maximum absolute atomic E-state index is 12.3. The predicted molar refractivity (Wildman–Crippen MR) is 87.3 cm³/mol. The molecule has 2 aromatic rings. The van der Waals surface area contributed by atoms with Crippen LogP contribution in [-0.4, -0.2) is 22.0 Å². The Morgan fingerprint density at radius 3 is 2.95 bits per heavy atom. The lowest BCUT2D eigenvalue weighted by atomic mass is 10.1. The molecule has 1 aliphatic rings. The molecule has 0 bridgehead atoms. The maximum atomic E-state index is 12.3. The largest absolute Gasteiger partial charge is 0.324 e. The van der Waals surface area contributed by atoms with Crippen LogP contribution >= 0.6 is 11.8 Å². The number of aromatic nitrogens is 1. The van der Waals surface area contributed by atoms with Gasteiger partial charge in [0.25, 0.3) is 5.91 Å². The fraction of sp³-hybridized carbons (Fsp3) is 0.188. The second kappa shape index (κ2) is 5.81. The number of pyridine rings is 1. The summed E-state index contributed by atoms with van der Waals surface area (Å²) in [5.41, 5.74) is 2.06. The molecule has 2 N–H and O–H groups in total. The highest BCUT2D eigenvalue weighted by Crippen LogP contribution is 2.36. The fourth-order valence-corrected chi connectivity index (χ4v) is 3.08. The predicted octanol–water partition coefficient (Wildman–Crippen LogP) is 3.08. The first-order valence-corrected chi connectivity index (χ1v) is 7.77. The van der Waals surface area contributed by atoms with Crippen molar-refractivity contribution >= 4 is 35.1 Å². The van der Waals surface area contributed by atoms with Crippen LogP contribution in [0.4, 0.5) is 11.5 Å². The Hall–Kier alpha value is -2.34. The van der Waals surface area contributed by atoms with Gasteiger partial charge < -0.3 is 10.6 Å². The van der Waals surface area contributed by atoms with Crippen molar-refractivity contribution in [3.8, 4) is 0 Å². The molecule has 3 rings (SSSR count). The van der Waals surface area contributed by atoms with Gasteiger partial charge in [-0.1, -0.05) is 6.07 Å². The van der Waals surface area contributed by atoms with E-state index in [1.807, 2.05) is 32.0 Å². The van der Waals surface area contributed by atoms with Gasteiger partial charge in [0.05, 0.1) is 10.9 Å². The quantitative estimate of drug-likeness (QED) is 0.894. The number of amides is 2. The van der Waals surface area contributed by atoms with Crippen molar-refractivity contribution in [1.82, 2.24) is 4.98 Å². The standard InChI is InChI=1S/C16H15N3O2S/c1-9-4-3-7-17-14(9)19-16(21)11-5-6-13-12(8-11)18-15(20)10(2)22-13/h3-8,10H,1-2H3,(H,18,20)(H,17,19,21). The van der Waals surface area contributed by atoms with Gasteiger partial charge in [-0.15, -0.1) is 11.8 Å². The number of hydrogen-bond acceptors (Lipinski definition) is 4. The zero-order valence-corrected chi connectivity index (χ0v) is 13.0. The number of nitrogens with one attached hydrogen (secondary N) is 2. The molecule has 0 fully saturated rings. The van der Waals surface area contributed by atoms with E-state index in [0.717, 1.165) is 10.5 Å². The molecule has 1 aromatic heterocycles. The molecule has 2 amide bonds. The third kappa shape index (κ3) is 2.82. The van der Waals surface area contributed by atoms with Crippen LogP contribution in [0.5, 0.6) is 0 Å². The minimum absolute atomic E-state index is 0.0457. The number of thioether (sulfide) groups is 1. The minimum atomic E-state index is -0.248. The lowest BCUT2D eigenvalue weighted by Crippen LogP contribution is -2.26. The second-order valence-electron chi connectivity index (χ2n) is 5.08. The molecule has 2 heterocycles. The lowest BCUT2D eigenvalue weighted by Gasteiger charge is -2.21. The van der Waals surface area contributed by atoms with E-state index in [9.17, 15) is 9.59 Å². The van der Waals surface area contributed by atoms with Crippen molar-refractivity contribution in [1.29, 1.82) is 0 Å². The van der Waals surface area contributed by atoms with Crippen LogP contribution in [0.3, 0.4) is 0 Å². The van der Waals surface area contributed by atoms with E-state index in [1.54, 1.807) is 18.3 Å². The van der Waals surface area contributed by atoms with Gasteiger partial charge in [-0.3, -0.25) is 9.59 Å². The first-order valence-electron chi connectivity index (χ1n) is 6.89. The summed E-state index contributed by atoms with van der Waals surface area (Å²) in [6, 6.07) is 9.00. The molecular weight excluding hydrogens is 298 g/mol. The summed E-state index contributed by atoms with van der Waals surface area (Å²) in [5, 5.41) is 5.49. The first-order chi connectivity index (χ1) is 10.5. The van der Waals surface area contributed by atoms with Gasteiger partial charge in [-0.05, 0) is 43.7 Å². The van der Waals surface area contributed by atoms with Gasteiger partial charge in [0.1, 0.15) is 5.82 Å². The highest BCUT2D eigenvalue weighted by Gasteiger charge is 2.23. The summed E-state index contributed by atoms with van der Waals surface area (Å²) in [6.07, 6.45) is 1.63. The minimum Gasteiger partial charge on any atom is -0.324 e. The van der Waals surface area contributed by atoms with Crippen molar-refractivity contribution in [3.63, 3.8) is 0 Å². The van der Waals surface area contributed by atoms with Gasteiger partial charge in [0.15, 0.2) is 0 Å². The van der Waals surface area contributed by atoms with E-state index in [1.165, 1.54) is 11.8 Å². The monoisotopic (exact) mass is 313 g/mol. The highest BCUT2D eigenvalue weighted by molar-refractivity contribution is 8.00. The van der Waals surface area contributed by atoms with Gasteiger partial charge >= 0.3 is 0 Å². The average Bonchev–Trinajstić information content (AvgIpc) is 2.50. The van der Waals surface area contributed by atoms with Gasteiger partial charge in [-0.25, -0.2) is 4.98 Å². The topological polar surface area (TPSA) is 71.1 Å². The summed E-state index contributed by atoms with van der Waals surface area (Å²) in [7, 11) is 0. The second-order valence-corrected chi connectivity index (χ2v) is 6.47. The van der Waals surface area contributed by atoms with Crippen molar-refractivity contribution < 1.29 is 9.59 Å². The fourth-order valence-electron chi connectivity index (χ4n) is 2.15. The van der Waals surface area contributed by atoms with Crippen LogP contribution in [0.15, 0.2) is 41.4 Å². The molecule has 1 aliphatic heterocycles. The SMILES string of the molecule is Cc1cccnc1NC(=O)c1ccc2c(c1)NC(=O)C(C)S2. The molecule has 1 atom stereocenters. The Bertz CT molecular complexity index is 761. The summed E-state index contributed by atoms with van der Waals surface area (Å²) in [6.45, 7) is 3.74. The van der Waals surface area contributed by atoms with Crippen LogP contribution in [-0.2, 0) is 4.79 Å². The lowest BCUT2D eigenvalue weighted by molar-refractivity contribution is -0.115. The van der Waals surface area contributed by atoms with Gasteiger partial charge in [0, 0.05) is 16.7 Å². The van der Waals surface area contributed by atoms with Crippen molar-refractivity contribution in [2.75, 3.05) is 10.6 Å². The Morgan fingerprint density at radius 1 is 1.36 bits per heavy atom. The molecule has 0 radical (unpaired) electrons. The molecule has 0 saturated carbocycles. The Kier molecular flexibility index (Phi) is 3.85. The molecule has 22 heavy (non-hydrogen) atoms. The van der Waals surface area contributed by atoms with Crippen molar-refractivity contribution in [2.45, 2.75) is 24.0 Å². The van der Waals surface area contributed by atoms with Crippen LogP contribution in [0.1, 0.15) is 22.8 Å². The smallest absolute Gasteiger partial charge is 0.256 e. The van der Waals surface area contributed by atoms with Gasteiger partial charge in [-0.2, -0.15) is 0 Å². The average molecular weight is 313 g/mol. The number of rotatable bonds is 2. The molecule has 0 aliphatic carbocycles. The number of anilines is 2.